The maximum Gasteiger partial charge on any atom is 0.332 e. The van der Waals surface area contributed by atoms with E-state index in [0.29, 0.717) is 30.0 Å². The lowest BCUT2D eigenvalue weighted by Gasteiger charge is -2.00. The molecule has 0 unspecified atom stereocenters. The molecule has 0 fully saturated rings. The van der Waals surface area contributed by atoms with E-state index in [0.717, 1.165) is 4.57 Å². The molecular weight excluding hydrogens is 246 g/mol. The van der Waals surface area contributed by atoms with E-state index in [4.69, 9.17) is 5.73 Å². The molecule has 8 heteroatoms. The van der Waals surface area contributed by atoms with E-state index < -0.39 is 0 Å². The normalized spacial score (nSPS) is 10.5. The molecule has 2 aromatic heterocycles. The summed E-state index contributed by atoms with van der Waals surface area (Å²) in [6, 6.07) is 0. The Bertz CT molecular complexity index is 654. The fourth-order valence-corrected chi connectivity index (χ4v) is 1.63. The number of aromatic amines is 1. The van der Waals surface area contributed by atoms with Gasteiger partial charge >= 0.3 is 5.69 Å². The monoisotopic (exact) mass is 259 g/mol. The van der Waals surface area contributed by atoms with E-state index in [1.165, 1.54) is 11.6 Å². The van der Waals surface area contributed by atoms with Gasteiger partial charge < -0.3 is 10.7 Å². The molecule has 2 heterocycles. The van der Waals surface area contributed by atoms with Gasteiger partial charge in [0.1, 0.15) is 11.3 Å². The minimum absolute atomic E-state index is 0. The Morgan fingerprint density at radius 1 is 1.29 bits per heavy atom. The highest BCUT2D eigenvalue weighted by molar-refractivity contribution is 5.85. The van der Waals surface area contributed by atoms with Crippen molar-refractivity contribution >= 4 is 23.6 Å². The van der Waals surface area contributed by atoms with Crippen LogP contribution in [0.4, 0.5) is 0 Å². The molecule has 94 valence electrons. The number of hydrogen-bond acceptors (Lipinski definition) is 4. The summed E-state index contributed by atoms with van der Waals surface area (Å²) in [5.74, 6) is 0.621. The summed E-state index contributed by atoms with van der Waals surface area (Å²) in [5, 5.41) is 0. The van der Waals surface area contributed by atoms with Gasteiger partial charge in [0.05, 0.1) is 0 Å². The average molecular weight is 260 g/mol. The number of nitrogens with two attached hydrogens (primary N) is 1. The van der Waals surface area contributed by atoms with Crippen molar-refractivity contribution in [1.82, 2.24) is 19.1 Å². The molecule has 0 aliphatic heterocycles. The van der Waals surface area contributed by atoms with Gasteiger partial charge in [0.2, 0.25) is 0 Å². The second-order valence-electron chi connectivity index (χ2n) is 3.63. The smallest absolute Gasteiger partial charge is 0.332 e. The minimum atomic E-state index is -0.386. The second kappa shape index (κ2) is 4.72. The quantitative estimate of drug-likeness (QED) is 0.714. The molecule has 3 N–H and O–H groups in total. The third-order valence-corrected chi connectivity index (χ3v) is 2.52. The van der Waals surface area contributed by atoms with Crippen LogP contribution >= 0.6 is 12.4 Å². The molecule has 0 aliphatic carbocycles. The zero-order valence-corrected chi connectivity index (χ0v) is 10.4. The maximum atomic E-state index is 11.8. The lowest BCUT2D eigenvalue weighted by atomic mass is 10.4. The Balaban J connectivity index is 0.00000144. The minimum Gasteiger partial charge on any atom is -0.336 e. The van der Waals surface area contributed by atoms with Crippen LogP contribution in [0.1, 0.15) is 5.82 Å². The molecular formula is C9H14ClN5O2. The van der Waals surface area contributed by atoms with Gasteiger partial charge in [0.25, 0.3) is 5.56 Å². The third-order valence-electron chi connectivity index (χ3n) is 2.52. The van der Waals surface area contributed by atoms with Crippen LogP contribution in [0.5, 0.6) is 0 Å². The second-order valence-corrected chi connectivity index (χ2v) is 3.63. The SMILES string of the molecule is Cl.Cn1c(=O)c2[nH]c(CCN)nc2n(C)c1=O. The van der Waals surface area contributed by atoms with Crippen molar-refractivity contribution in [3.63, 3.8) is 0 Å². The van der Waals surface area contributed by atoms with Crippen molar-refractivity contribution in [2.45, 2.75) is 6.42 Å². The molecule has 2 rings (SSSR count). The molecule has 0 atom stereocenters. The molecule has 0 aliphatic rings. The van der Waals surface area contributed by atoms with E-state index in [-0.39, 0.29) is 23.7 Å². The van der Waals surface area contributed by atoms with E-state index in [1.54, 1.807) is 7.05 Å². The summed E-state index contributed by atoms with van der Waals surface area (Å²) < 4.78 is 2.39. The van der Waals surface area contributed by atoms with Gasteiger partial charge in [-0.1, -0.05) is 0 Å². The van der Waals surface area contributed by atoms with E-state index >= 15 is 0 Å². The molecule has 0 aromatic carbocycles. The first-order chi connectivity index (χ1) is 7.56. The number of hydrogen-bond donors (Lipinski definition) is 2. The number of imidazole rings is 1. The van der Waals surface area contributed by atoms with Crippen LogP contribution in [-0.2, 0) is 20.5 Å². The maximum absolute atomic E-state index is 11.8. The summed E-state index contributed by atoms with van der Waals surface area (Å²) in [5.41, 5.74) is 5.37. The summed E-state index contributed by atoms with van der Waals surface area (Å²) in [6.07, 6.45) is 0.548. The van der Waals surface area contributed by atoms with Crippen LogP contribution in [0, 0.1) is 0 Å². The van der Waals surface area contributed by atoms with E-state index in [2.05, 4.69) is 9.97 Å². The first kappa shape index (κ1) is 13.5. The zero-order chi connectivity index (χ0) is 11.9. The Hall–Kier alpha value is -1.60. The van der Waals surface area contributed by atoms with Crippen molar-refractivity contribution in [3.05, 3.63) is 26.7 Å². The first-order valence-corrected chi connectivity index (χ1v) is 4.91. The molecule has 0 bridgehead atoms. The van der Waals surface area contributed by atoms with Crippen molar-refractivity contribution in [2.24, 2.45) is 19.8 Å². The zero-order valence-electron chi connectivity index (χ0n) is 9.56. The molecule has 17 heavy (non-hydrogen) atoms. The van der Waals surface area contributed by atoms with Crippen LogP contribution < -0.4 is 17.0 Å². The summed E-state index contributed by atoms with van der Waals surface area (Å²) in [6.45, 7) is 0.439. The Kier molecular flexibility index (Phi) is 3.74. The largest absolute Gasteiger partial charge is 0.336 e. The number of rotatable bonds is 2. The molecule has 7 nitrogen and oxygen atoms in total. The van der Waals surface area contributed by atoms with Crippen molar-refractivity contribution in [2.75, 3.05) is 6.54 Å². The van der Waals surface area contributed by atoms with Gasteiger partial charge in [-0.25, -0.2) is 9.78 Å². The van der Waals surface area contributed by atoms with Crippen LogP contribution in [-0.4, -0.2) is 25.6 Å². The molecule has 0 radical (unpaired) electrons. The predicted molar refractivity (Wildman–Crippen MR) is 66.6 cm³/mol. The van der Waals surface area contributed by atoms with Crippen molar-refractivity contribution in [3.8, 4) is 0 Å². The van der Waals surface area contributed by atoms with Gasteiger partial charge in [-0.3, -0.25) is 13.9 Å². The summed E-state index contributed by atoms with van der Waals surface area (Å²) in [4.78, 5) is 30.5. The molecule has 0 saturated carbocycles. The van der Waals surface area contributed by atoms with Crippen molar-refractivity contribution in [1.29, 1.82) is 0 Å². The number of nitrogens with one attached hydrogen (secondary N) is 1. The van der Waals surface area contributed by atoms with Crippen LogP contribution in [0.15, 0.2) is 9.59 Å². The highest BCUT2D eigenvalue weighted by Crippen LogP contribution is 2.03. The highest BCUT2D eigenvalue weighted by Gasteiger charge is 2.12. The van der Waals surface area contributed by atoms with Crippen LogP contribution in [0.2, 0.25) is 0 Å². The molecule has 2 aromatic rings. The number of fused-ring (bicyclic) bond motifs is 1. The number of nitrogens with zero attached hydrogens (tertiary/aromatic N) is 3. The van der Waals surface area contributed by atoms with Crippen LogP contribution in [0.25, 0.3) is 11.2 Å². The molecule has 0 spiro atoms. The Morgan fingerprint density at radius 2 is 1.94 bits per heavy atom. The van der Waals surface area contributed by atoms with Crippen molar-refractivity contribution < 1.29 is 0 Å². The number of halogens is 1. The lowest BCUT2D eigenvalue weighted by molar-refractivity contribution is 0.708. The van der Waals surface area contributed by atoms with E-state index in [9.17, 15) is 9.59 Å². The first-order valence-electron chi connectivity index (χ1n) is 4.91. The van der Waals surface area contributed by atoms with Gasteiger partial charge in [0.15, 0.2) is 5.65 Å². The topological polar surface area (TPSA) is 98.7 Å². The van der Waals surface area contributed by atoms with Gasteiger partial charge in [-0.05, 0) is 6.54 Å². The van der Waals surface area contributed by atoms with E-state index in [1.807, 2.05) is 0 Å². The highest BCUT2D eigenvalue weighted by atomic mass is 35.5. The summed E-state index contributed by atoms with van der Waals surface area (Å²) >= 11 is 0. The molecule has 0 saturated heterocycles. The average Bonchev–Trinajstić information content (AvgIpc) is 2.68. The predicted octanol–water partition coefficient (Wildman–Crippen LogP) is -1.12. The number of H-pyrrole nitrogens is 1. The summed E-state index contributed by atoms with van der Waals surface area (Å²) in [7, 11) is 3.02. The van der Waals surface area contributed by atoms with Gasteiger partial charge in [-0.15, -0.1) is 12.4 Å². The van der Waals surface area contributed by atoms with Gasteiger partial charge in [-0.2, -0.15) is 0 Å². The number of aromatic nitrogens is 4. The fraction of sp³-hybridized carbons (Fsp3) is 0.444. The lowest BCUT2D eigenvalue weighted by Crippen LogP contribution is -2.36. The third kappa shape index (κ3) is 1.98. The van der Waals surface area contributed by atoms with Gasteiger partial charge in [0, 0.05) is 20.5 Å². The number of aryl methyl sites for hydroxylation is 1. The fourth-order valence-electron chi connectivity index (χ4n) is 1.63. The standard InChI is InChI=1S/C9H13N5O2.ClH/c1-13-7-6(8(15)14(2)9(13)16)11-5(12-7)3-4-10;/h3-4,10H2,1-2H3,(H,11,12);1H. The van der Waals surface area contributed by atoms with Crippen LogP contribution in [0.3, 0.4) is 0 Å². The Labute approximate surface area is 103 Å². The Morgan fingerprint density at radius 3 is 2.53 bits per heavy atom. The molecule has 0 amide bonds.